The first-order valence-electron chi connectivity index (χ1n) is 13.4. The Hall–Kier alpha value is -3.17. The molecule has 0 bridgehead atoms. The van der Waals surface area contributed by atoms with Crippen LogP contribution in [0.1, 0.15) is 32.6 Å². The number of rotatable bonds is 8. The lowest BCUT2D eigenvalue weighted by Gasteiger charge is -2.37. The molecule has 2 fully saturated rings. The van der Waals surface area contributed by atoms with Crippen LogP contribution in [0.3, 0.4) is 0 Å². The first-order valence-corrected chi connectivity index (χ1v) is 13.4. The Morgan fingerprint density at radius 2 is 1.66 bits per heavy atom. The van der Waals surface area contributed by atoms with E-state index in [-0.39, 0.29) is 24.3 Å². The van der Waals surface area contributed by atoms with E-state index in [2.05, 4.69) is 0 Å². The molecule has 4 aliphatic rings. The number of amides is 3. The number of ether oxygens (including phenoxy) is 2. The van der Waals surface area contributed by atoms with Crippen molar-refractivity contribution in [2.45, 2.75) is 49.9 Å². The lowest BCUT2D eigenvalue weighted by atomic mass is 9.74. The van der Waals surface area contributed by atoms with Gasteiger partial charge in [-0.15, -0.1) is 0 Å². The second-order valence-electron chi connectivity index (χ2n) is 10.8. The Morgan fingerprint density at radius 3 is 2.37 bits per heavy atom. The molecule has 0 radical (unpaired) electrons. The van der Waals surface area contributed by atoms with Gasteiger partial charge in [-0.05, 0) is 44.0 Å². The van der Waals surface area contributed by atoms with Crippen molar-refractivity contribution in [3.05, 3.63) is 48.6 Å². The summed E-state index contributed by atoms with van der Waals surface area (Å²) in [6.45, 7) is 3.14. The maximum absolute atomic E-state index is 14.4. The van der Waals surface area contributed by atoms with Crippen molar-refractivity contribution in [2.24, 2.45) is 11.8 Å². The molecule has 1 aromatic rings. The molecule has 1 aromatic carbocycles. The van der Waals surface area contributed by atoms with Gasteiger partial charge >= 0.3 is 0 Å². The number of unbranched alkanes of at least 4 members (excludes halogenated alkanes) is 3. The molecule has 0 aliphatic carbocycles. The normalized spacial score (nSPS) is 32.3. The summed E-state index contributed by atoms with van der Waals surface area (Å²) >= 11 is 0. The number of anilines is 1. The third kappa shape index (κ3) is 4.12. The highest BCUT2D eigenvalue weighted by atomic mass is 16.5. The molecule has 4 aliphatic heterocycles. The maximum Gasteiger partial charge on any atom is 0.253 e. The number of likely N-dealkylation sites (N-methyl/N-ethyl adjacent to an activating group) is 1. The summed E-state index contributed by atoms with van der Waals surface area (Å²) in [5, 5.41) is 9.13. The smallest absolute Gasteiger partial charge is 0.253 e. The number of carbonyl (C=O) groups excluding carboxylic acids is 3. The third-order valence-electron chi connectivity index (χ3n) is 8.45. The summed E-state index contributed by atoms with van der Waals surface area (Å²) in [6.07, 6.45) is 10.6. The fraction of sp³-hybridized carbons (Fsp3) is 0.552. The lowest BCUT2D eigenvalue weighted by molar-refractivity contribution is -0.148. The monoisotopic (exact) mass is 523 g/mol. The number of nitrogens with zero attached hydrogens (tertiary/aromatic N) is 3. The van der Waals surface area contributed by atoms with Crippen LogP contribution < -0.4 is 9.64 Å². The van der Waals surface area contributed by atoms with E-state index in [1.165, 1.54) is 0 Å². The number of aliphatic hydroxyl groups is 1. The molecule has 9 heteroatoms. The van der Waals surface area contributed by atoms with Crippen LogP contribution in [-0.2, 0) is 19.1 Å². The second kappa shape index (κ2) is 10.2. The van der Waals surface area contributed by atoms with Gasteiger partial charge in [0.1, 0.15) is 17.4 Å². The van der Waals surface area contributed by atoms with Crippen LogP contribution in [0.5, 0.6) is 5.75 Å². The lowest BCUT2D eigenvalue weighted by Crippen LogP contribution is -2.56. The molecule has 0 aromatic heterocycles. The van der Waals surface area contributed by atoms with Gasteiger partial charge in [0.2, 0.25) is 11.8 Å². The highest BCUT2D eigenvalue weighted by Crippen LogP contribution is 2.57. The molecule has 0 saturated carbocycles. The average Bonchev–Trinajstić information content (AvgIpc) is 3.18. The molecule has 1 N–H and O–H groups in total. The molecule has 204 valence electrons. The minimum absolute atomic E-state index is 0.133. The topological polar surface area (TPSA) is 99.6 Å². The van der Waals surface area contributed by atoms with Gasteiger partial charge < -0.3 is 29.3 Å². The zero-order valence-electron chi connectivity index (χ0n) is 22.3. The van der Waals surface area contributed by atoms with E-state index in [1.807, 2.05) is 43.4 Å². The Balaban J connectivity index is 1.56. The Bertz CT molecular complexity index is 1150. The Labute approximate surface area is 223 Å². The van der Waals surface area contributed by atoms with Crippen molar-refractivity contribution >= 4 is 23.4 Å². The van der Waals surface area contributed by atoms with E-state index < -0.39 is 29.1 Å². The first kappa shape index (κ1) is 26.4. The summed E-state index contributed by atoms with van der Waals surface area (Å²) in [4.78, 5) is 47.1. The molecular formula is C29H37N3O6. The van der Waals surface area contributed by atoms with E-state index in [0.717, 1.165) is 12.8 Å². The fourth-order valence-electron chi connectivity index (χ4n) is 6.62. The molecule has 5 atom stereocenters. The predicted octanol–water partition coefficient (Wildman–Crippen LogP) is 2.15. The van der Waals surface area contributed by atoms with Crippen molar-refractivity contribution in [3.8, 4) is 5.75 Å². The highest BCUT2D eigenvalue weighted by Gasteiger charge is 2.74. The minimum atomic E-state index is -1.25. The summed E-state index contributed by atoms with van der Waals surface area (Å²) in [5.74, 6) is -1.43. The molecule has 5 rings (SSSR count). The van der Waals surface area contributed by atoms with Crippen LogP contribution in [0.4, 0.5) is 5.69 Å². The fourth-order valence-corrected chi connectivity index (χ4v) is 6.62. The number of carbonyl (C=O) groups is 3. The van der Waals surface area contributed by atoms with Crippen LogP contribution in [0.15, 0.2) is 48.6 Å². The van der Waals surface area contributed by atoms with Crippen molar-refractivity contribution in [1.29, 1.82) is 0 Å². The van der Waals surface area contributed by atoms with Crippen LogP contribution in [0.2, 0.25) is 0 Å². The standard InChI is InChI=1S/C29H37N3O6/c1-28-14-8-16-30(2)25(34)22(28)23-26(35)32(17-6-4-5-7-19-33)24-27(36)31(18-9-15-29(23,24)38-28)20-10-12-21(37-3)13-11-20/h8-15,22-24,33H,4-7,16-19H2,1-3H3/t22-,23+,24?,28+,29+/m1/s1. The van der Waals surface area contributed by atoms with Crippen molar-refractivity contribution in [2.75, 3.05) is 45.3 Å². The van der Waals surface area contributed by atoms with Gasteiger partial charge in [-0.25, -0.2) is 0 Å². The molecule has 1 unspecified atom stereocenters. The van der Waals surface area contributed by atoms with Gasteiger partial charge in [-0.2, -0.15) is 0 Å². The molecule has 38 heavy (non-hydrogen) atoms. The molecule has 2 saturated heterocycles. The molecule has 9 nitrogen and oxygen atoms in total. The van der Waals surface area contributed by atoms with Gasteiger partial charge in [0, 0.05) is 39.0 Å². The van der Waals surface area contributed by atoms with Crippen LogP contribution >= 0.6 is 0 Å². The van der Waals surface area contributed by atoms with Gasteiger partial charge in [-0.3, -0.25) is 14.4 Å². The van der Waals surface area contributed by atoms with Crippen molar-refractivity contribution in [3.63, 3.8) is 0 Å². The van der Waals surface area contributed by atoms with Crippen LogP contribution in [0.25, 0.3) is 0 Å². The van der Waals surface area contributed by atoms with Gasteiger partial charge in [0.25, 0.3) is 5.91 Å². The quantitative estimate of drug-likeness (QED) is 0.414. The number of aliphatic hydroxyl groups excluding tert-OH is 1. The molecule has 1 spiro atoms. The van der Waals surface area contributed by atoms with Crippen LogP contribution in [-0.4, -0.2) is 90.3 Å². The number of fused-ring (bicyclic) bond motifs is 2. The van der Waals surface area contributed by atoms with Gasteiger partial charge in [0.05, 0.1) is 24.5 Å². The average molecular weight is 524 g/mol. The summed E-state index contributed by atoms with van der Waals surface area (Å²) in [7, 11) is 3.33. The molecule has 3 amide bonds. The predicted molar refractivity (Wildman–Crippen MR) is 142 cm³/mol. The van der Waals surface area contributed by atoms with Gasteiger partial charge in [-0.1, -0.05) is 37.1 Å². The van der Waals surface area contributed by atoms with Crippen molar-refractivity contribution < 1.29 is 29.0 Å². The summed E-state index contributed by atoms with van der Waals surface area (Å²) in [5.41, 5.74) is -1.56. The van der Waals surface area contributed by atoms with E-state index >= 15 is 0 Å². The minimum Gasteiger partial charge on any atom is -0.497 e. The van der Waals surface area contributed by atoms with Crippen molar-refractivity contribution in [1.82, 2.24) is 9.80 Å². The highest BCUT2D eigenvalue weighted by molar-refractivity contribution is 6.06. The van der Waals surface area contributed by atoms with E-state index in [1.54, 1.807) is 41.0 Å². The molecule has 4 heterocycles. The number of hydrogen-bond donors (Lipinski definition) is 1. The molecular weight excluding hydrogens is 486 g/mol. The van der Waals surface area contributed by atoms with E-state index in [4.69, 9.17) is 14.6 Å². The maximum atomic E-state index is 14.4. The first-order chi connectivity index (χ1) is 18.3. The number of methoxy groups -OCH3 is 1. The number of likely N-dealkylation sites (tertiary alicyclic amines) is 1. The SMILES string of the molecule is COc1ccc(N2CC=C[C@]34O[C@@]5(C)C=CCN(C)C(=O)[C@H]5[C@H]3C(=O)N(CCCCCCO)C4C2=O)cc1. The van der Waals surface area contributed by atoms with Crippen LogP contribution in [0, 0.1) is 11.8 Å². The Kier molecular flexibility index (Phi) is 7.09. The van der Waals surface area contributed by atoms with Gasteiger partial charge in [0.15, 0.2) is 0 Å². The number of benzene rings is 1. The van der Waals surface area contributed by atoms with E-state index in [0.29, 0.717) is 43.9 Å². The Morgan fingerprint density at radius 1 is 0.947 bits per heavy atom. The summed E-state index contributed by atoms with van der Waals surface area (Å²) < 4.78 is 12.1. The third-order valence-corrected chi connectivity index (χ3v) is 8.45. The zero-order chi connectivity index (χ0) is 27.1. The van der Waals surface area contributed by atoms with E-state index in [9.17, 15) is 14.4 Å². The number of hydrogen-bond acceptors (Lipinski definition) is 6. The summed E-state index contributed by atoms with van der Waals surface area (Å²) in [6, 6.07) is 6.38. The second-order valence-corrected chi connectivity index (χ2v) is 10.8. The largest absolute Gasteiger partial charge is 0.497 e. The zero-order valence-corrected chi connectivity index (χ0v) is 22.3.